The van der Waals surface area contributed by atoms with Crippen molar-refractivity contribution in [2.45, 2.75) is 64.8 Å². The molecule has 0 bridgehead atoms. The maximum Gasteiger partial charge on any atom is 0.0521 e. The molecule has 21 heavy (non-hydrogen) atoms. The fourth-order valence-electron chi connectivity index (χ4n) is 3.62. The summed E-state index contributed by atoms with van der Waals surface area (Å²) < 4.78 is 0. The van der Waals surface area contributed by atoms with Gasteiger partial charge in [-0.15, -0.1) is 0 Å². The van der Waals surface area contributed by atoms with Crippen LogP contribution in [0.1, 0.15) is 58.4 Å². The minimum absolute atomic E-state index is 0.126. The predicted octanol–water partition coefficient (Wildman–Crippen LogP) is 4.37. The van der Waals surface area contributed by atoms with Gasteiger partial charge in [-0.3, -0.25) is 0 Å². The predicted molar refractivity (Wildman–Crippen MR) is 92.9 cm³/mol. The summed E-state index contributed by atoms with van der Waals surface area (Å²) in [5, 5.41) is 0. The van der Waals surface area contributed by atoms with Crippen molar-refractivity contribution in [2.24, 2.45) is 11.1 Å². The molecular weight excluding hydrogens is 256 g/mol. The third-order valence-corrected chi connectivity index (χ3v) is 5.59. The van der Waals surface area contributed by atoms with E-state index in [4.69, 9.17) is 5.73 Å². The second-order valence-electron chi connectivity index (χ2n) is 7.53. The molecule has 1 atom stereocenters. The number of likely N-dealkylation sites (N-methyl/N-ethyl adjacent to an activating group) is 1. The van der Waals surface area contributed by atoms with E-state index in [-0.39, 0.29) is 5.54 Å². The number of hydrogen-bond donors (Lipinski definition) is 1. The van der Waals surface area contributed by atoms with Gasteiger partial charge in [0.1, 0.15) is 0 Å². The van der Waals surface area contributed by atoms with E-state index in [1.165, 1.54) is 43.4 Å². The molecule has 1 fully saturated rings. The number of rotatable bonds is 4. The van der Waals surface area contributed by atoms with Gasteiger partial charge in [-0.25, -0.2) is 0 Å². The van der Waals surface area contributed by atoms with Gasteiger partial charge in [0.15, 0.2) is 0 Å². The normalized spacial score (nSPS) is 25.4. The Morgan fingerprint density at radius 2 is 1.71 bits per heavy atom. The molecule has 0 saturated heterocycles. The highest BCUT2D eigenvalue weighted by atomic mass is 15.2. The van der Waals surface area contributed by atoms with Crippen molar-refractivity contribution in [3.8, 4) is 0 Å². The summed E-state index contributed by atoms with van der Waals surface area (Å²) in [6.45, 7) is 7.74. The lowest BCUT2D eigenvalue weighted by atomic mass is 9.83. The van der Waals surface area contributed by atoms with E-state index in [9.17, 15) is 0 Å². The van der Waals surface area contributed by atoms with Crippen LogP contribution in [0.15, 0.2) is 24.3 Å². The van der Waals surface area contributed by atoms with Crippen molar-refractivity contribution in [3.63, 3.8) is 0 Å². The van der Waals surface area contributed by atoms with E-state index >= 15 is 0 Å². The molecule has 1 unspecified atom stereocenters. The van der Waals surface area contributed by atoms with E-state index in [0.29, 0.717) is 5.41 Å². The van der Waals surface area contributed by atoms with Crippen LogP contribution in [0, 0.1) is 5.41 Å². The highest BCUT2D eigenvalue weighted by Crippen LogP contribution is 2.41. The Morgan fingerprint density at radius 3 is 2.29 bits per heavy atom. The van der Waals surface area contributed by atoms with Crippen LogP contribution in [-0.2, 0) is 6.42 Å². The van der Waals surface area contributed by atoms with E-state index < -0.39 is 0 Å². The van der Waals surface area contributed by atoms with E-state index in [1.807, 2.05) is 0 Å². The SMILES string of the molecule is CCc1ccc(N(C)C2(CN)CCCC(C)(C)CC2)cc1. The summed E-state index contributed by atoms with van der Waals surface area (Å²) in [5.41, 5.74) is 9.54. The first-order valence-corrected chi connectivity index (χ1v) is 8.45. The molecule has 2 heteroatoms. The Bertz CT molecular complexity index is 449. The Morgan fingerprint density at radius 1 is 1.05 bits per heavy atom. The molecule has 1 aliphatic carbocycles. The van der Waals surface area contributed by atoms with Crippen molar-refractivity contribution >= 4 is 5.69 Å². The minimum Gasteiger partial charge on any atom is -0.368 e. The summed E-state index contributed by atoms with van der Waals surface area (Å²) in [4.78, 5) is 2.45. The summed E-state index contributed by atoms with van der Waals surface area (Å²) in [6, 6.07) is 9.01. The van der Waals surface area contributed by atoms with Gasteiger partial charge in [-0.2, -0.15) is 0 Å². The summed E-state index contributed by atoms with van der Waals surface area (Å²) >= 11 is 0. The Labute approximate surface area is 130 Å². The lowest BCUT2D eigenvalue weighted by Crippen LogP contribution is -2.52. The van der Waals surface area contributed by atoms with Gasteiger partial charge in [-0.05, 0) is 55.2 Å². The molecule has 0 aliphatic heterocycles. The lowest BCUT2D eigenvalue weighted by molar-refractivity contribution is 0.296. The van der Waals surface area contributed by atoms with Crippen molar-refractivity contribution in [3.05, 3.63) is 29.8 Å². The average Bonchev–Trinajstić information content (AvgIpc) is 2.65. The molecule has 0 spiro atoms. The first kappa shape index (κ1) is 16.4. The Kier molecular flexibility index (Phi) is 4.98. The van der Waals surface area contributed by atoms with Crippen LogP contribution in [0.5, 0.6) is 0 Å². The molecule has 1 aliphatic rings. The van der Waals surface area contributed by atoms with Crippen LogP contribution in [0.25, 0.3) is 0 Å². The first-order chi connectivity index (χ1) is 9.92. The highest BCUT2D eigenvalue weighted by molar-refractivity contribution is 5.49. The monoisotopic (exact) mass is 288 g/mol. The third kappa shape index (κ3) is 3.60. The van der Waals surface area contributed by atoms with Gasteiger partial charge < -0.3 is 10.6 Å². The van der Waals surface area contributed by atoms with Gasteiger partial charge in [0.05, 0.1) is 5.54 Å². The van der Waals surface area contributed by atoms with Crippen LogP contribution in [-0.4, -0.2) is 19.1 Å². The summed E-state index contributed by atoms with van der Waals surface area (Å²) in [6.07, 6.45) is 7.36. The average molecular weight is 288 g/mol. The minimum atomic E-state index is 0.126. The quantitative estimate of drug-likeness (QED) is 0.833. The van der Waals surface area contributed by atoms with Crippen LogP contribution in [0.2, 0.25) is 0 Å². The topological polar surface area (TPSA) is 29.3 Å². The van der Waals surface area contributed by atoms with Crippen molar-refractivity contribution < 1.29 is 0 Å². The van der Waals surface area contributed by atoms with Crippen LogP contribution >= 0.6 is 0 Å². The molecule has 1 aromatic rings. The molecule has 0 radical (unpaired) electrons. The van der Waals surface area contributed by atoms with Gasteiger partial charge >= 0.3 is 0 Å². The van der Waals surface area contributed by atoms with Gasteiger partial charge in [0, 0.05) is 19.3 Å². The summed E-state index contributed by atoms with van der Waals surface area (Å²) in [7, 11) is 2.23. The molecule has 0 heterocycles. The number of benzene rings is 1. The fraction of sp³-hybridized carbons (Fsp3) is 0.684. The van der Waals surface area contributed by atoms with Crippen molar-refractivity contribution in [2.75, 3.05) is 18.5 Å². The molecular formula is C19H32N2. The molecule has 2 rings (SSSR count). The molecule has 2 nitrogen and oxygen atoms in total. The molecule has 1 aromatic carbocycles. The standard InChI is InChI=1S/C19H32N2/c1-5-16-7-9-17(10-8-16)21(4)19(15-20)12-6-11-18(2,3)13-14-19/h7-10H,5-6,11-15,20H2,1-4H3. The first-order valence-electron chi connectivity index (χ1n) is 8.45. The number of aryl methyl sites for hydroxylation is 1. The van der Waals surface area contributed by atoms with E-state index in [1.54, 1.807) is 0 Å². The zero-order valence-corrected chi connectivity index (χ0v) is 14.3. The van der Waals surface area contributed by atoms with E-state index in [2.05, 4.69) is 57.0 Å². The Hall–Kier alpha value is -1.02. The molecule has 0 amide bonds. The van der Waals surface area contributed by atoms with E-state index in [0.717, 1.165) is 13.0 Å². The molecule has 2 N–H and O–H groups in total. The largest absolute Gasteiger partial charge is 0.368 e. The zero-order valence-electron chi connectivity index (χ0n) is 14.3. The number of anilines is 1. The van der Waals surface area contributed by atoms with Crippen LogP contribution in [0.3, 0.4) is 0 Å². The van der Waals surface area contributed by atoms with Gasteiger partial charge in [-0.1, -0.05) is 39.3 Å². The number of hydrogen-bond acceptors (Lipinski definition) is 2. The smallest absolute Gasteiger partial charge is 0.0521 e. The second kappa shape index (κ2) is 6.39. The lowest BCUT2D eigenvalue weighted by Gasteiger charge is -2.43. The van der Waals surface area contributed by atoms with Crippen LogP contribution < -0.4 is 10.6 Å². The van der Waals surface area contributed by atoms with Gasteiger partial charge in [0.25, 0.3) is 0 Å². The Balaban J connectivity index is 2.22. The molecule has 1 saturated carbocycles. The second-order valence-corrected chi connectivity index (χ2v) is 7.53. The molecule has 0 aromatic heterocycles. The number of nitrogens with two attached hydrogens (primary N) is 1. The van der Waals surface area contributed by atoms with Crippen molar-refractivity contribution in [1.29, 1.82) is 0 Å². The third-order valence-electron chi connectivity index (χ3n) is 5.59. The summed E-state index contributed by atoms with van der Waals surface area (Å²) in [5.74, 6) is 0. The zero-order chi connectivity index (χ0) is 15.5. The number of nitrogens with zero attached hydrogens (tertiary/aromatic N) is 1. The van der Waals surface area contributed by atoms with Gasteiger partial charge in [0.2, 0.25) is 0 Å². The maximum atomic E-state index is 6.25. The fourth-order valence-corrected chi connectivity index (χ4v) is 3.62. The maximum absolute atomic E-state index is 6.25. The van der Waals surface area contributed by atoms with Crippen LogP contribution in [0.4, 0.5) is 5.69 Å². The van der Waals surface area contributed by atoms with Crippen molar-refractivity contribution in [1.82, 2.24) is 0 Å². The highest BCUT2D eigenvalue weighted by Gasteiger charge is 2.37. The molecule has 118 valence electrons.